The molecule has 1 heterocycles. The predicted octanol–water partition coefficient (Wildman–Crippen LogP) is 6.48. The van der Waals surface area contributed by atoms with Gasteiger partial charge < -0.3 is 4.74 Å². The van der Waals surface area contributed by atoms with Gasteiger partial charge in [0.25, 0.3) is 5.23 Å². The highest BCUT2D eigenvalue weighted by molar-refractivity contribution is 8.13. The molecule has 6 heteroatoms. The van der Waals surface area contributed by atoms with Crippen LogP contribution in [0.2, 0.25) is 0 Å². The number of rotatable bonds is 4. The molecule has 1 aliphatic heterocycles. The van der Waals surface area contributed by atoms with Gasteiger partial charge in [-0.1, -0.05) is 77.9 Å². The van der Waals surface area contributed by atoms with Crippen molar-refractivity contribution in [1.29, 1.82) is 0 Å². The second kappa shape index (κ2) is 8.69. The van der Waals surface area contributed by atoms with Crippen molar-refractivity contribution in [3.05, 3.63) is 108 Å². The van der Waals surface area contributed by atoms with Crippen LogP contribution in [0.4, 0.5) is 0 Å². The number of sulfone groups is 1. The van der Waals surface area contributed by atoms with Crippen molar-refractivity contribution in [2.45, 2.75) is 35.1 Å². The molecule has 0 saturated heterocycles. The monoisotopic (exact) mass is 473 g/mol. The van der Waals surface area contributed by atoms with Crippen molar-refractivity contribution in [1.82, 2.24) is 0 Å². The highest BCUT2D eigenvalue weighted by atomic mass is 32.2. The number of nitrogens with zero attached hydrogens (tertiary/aromatic N) is 1. The van der Waals surface area contributed by atoms with Crippen LogP contribution in [0.5, 0.6) is 0 Å². The van der Waals surface area contributed by atoms with E-state index in [9.17, 15) is 8.42 Å². The number of hydrogen-bond acceptors (Lipinski definition) is 5. The van der Waals surface area contributed by atoms with Gasteiger partial charge >= 0.3 is 0 Å². The highest BCUT2D eigenvalue weighted by Crippen LogP contribution is 2.41. The molecular formula is C27H23NO3S2. The number of benzene rings is 4. The molecule has 4 aromatic carbocycles. The molecule has 166 valence electrons. The fraction of sp³-hybridized carbons (Fsp3) is 0.148. The third-order valence-corrected chi connectivity index (χ3v) is 8.54. The Balaban J connectivity index is 1.59. The maximum atomic E-state index is 13.7. The number of fused-ring (bicyclic) bond motifs is 1. The van der Waals surface area contributed by atoms with Crippen LogP contribution in [-0.2, 0) is 14.6 Å². The summed E-state index contributed by atoms with van der Waals surface area (Å²) in [7, 11) is -3.78. The zero-order chi connectivity index (χ0) is 23.0. The van der Waals surface area contributed by atoms with Crippen LogP contribution in [0.3, 0.4) is 0 Å². The zero-order valence-electron chi connectivity index (χ0n) is 18.3. The topological polar surface area (TPSA) is 55.7 Å². The zero-order valence-corrected chi connectivity index (χ0v) is 19.9. The quantitative estimate of drug-likeness (QED) is 0.341. The largest absolute Gasteiger partial charge is 0.461 e. The lowest BCUT2D eigenvalue weighted by atomic mass is 10.0. The lowest BCUT2D eigenvalue weighted by Gasteiger charge is -2.20. The molecule has 0 bridgehead atoms. The molecule has 4 aromatic rings. The number of aryl methyl sites for hydroxylation is 2. The number of thioether (sulfide) groups is 1. The van der Waals surface area contributed by atoms with E-state index < -0.39 is 21.3 Å². The third-order valence-electron chi connectivity index (χ3n) is 5.74. The Labute approximate surface area is 198 Å². The fourth-order valence-electron chi connectivity index (χ4n) is 3.94. The standard InChI is InChI=1S/C27H23NO3S2/c1-18-10-14-21(15-11-18)32-27-28-26(33(29,30)22-16-12-19(2)13-17-22)25(31-27)24-9-5-7-20-6-3-4-8-23(20)24/h3-17,25-26H,1-2H3/t25-,26-/m1/s1. The summed E-state index contributed by atoms with van der Waals surface area (Å²) in [6.07, 6.45) is -0.740. The summed E-state index contributed by atoms with van der Waals surface area (Å²) in [5.41, 5.74) is 2.97. The van der Waals surface area contributed by atoms with Gasteiger partial charge in [0.15, 0.2) is 6.10 Å². The Bertz CT molecular complexity index is 1440. The average molecular weight is 474 g/mol. The van der Waals surface area contributed by atoms with Crippen molar-refractivity contribution in [2.75, 3.05) is 0 Å². The first-order valence-corrected chi connectivity index (χ1v) is 13.1. The summed E-state index contributed by atoms with van der Waals surface area (Å²) in [5.74, 6) is 0. The van der Waals surface area contributed by atoms with Gasteiger partial charge in [-0.25, -0.2) is 13.4 Å². The summed E-state index contributed by atoms with van der Waals surface area (Å²) < 4.78 is 33.7. The first-order valence-electron chi connectivity index (χ1n) is 10.7. The molecule has 0 aliphatic carbocycles. The molecule has 0 N–H and O–H groups in total. The van der Waals surface area contributed by atoms with Gasteiger partial charge in [0.2, 0.25) is 15.2 Å². The average Bonchev–Trinajstić information content (AvgIpc) is 3.25. The highest BCUT2D eigenvalue weighted by Gasteiger charge is 2.43. The number of aliphatic imine (C=N–C) groups is 1. The normalized spacial score (nSPS) is 18.2. The summed E-state index contributed by atoms with van der Waals surface area (Å²) in [6, 6.07) is 28.7. The van der Waals surface area contributed by atoms with Gasteiger partial charge in [-0.3, -0.25) is 0 Å². The molecule has 4 nitrogen and oxygen atoms in total. The predicted molar refractivity (Wildman–Crippen MR) is 134 cm³/mol. The number of ether oxygens (including phenoxy) is 1. The molecule has 5 rings (SSSR count). The van der Waals surface area contributed by atoms with E-state index in [0.717, 1.165) is 32.4 Å². The minimum Gasteiger partial charge on any atom is -0.461 e. The van der Waals surface area contributed by atoms with Crippen molar-refractivity contribution in [3.8, 4) is 0 Å². The Morgan fingerprint density at radius 1 is 0.788 bits per heavy atom. The maximum Gasteiger partial charge on any atom is 0.252 e. The minimum absolute atomic E-state index is 0.247. The van der Waals surface area contributed by atoms with Crippen LogP contribution in [0, 0.1) is 13.8 Å². The van der Waals surface area contributed by atoms with Crippen molar-refractivity contribution < 1.29 is 13.2 Å². The second-order valence-electron chi connectivity index (χ2n) is 8.17. The molecule has 1 aliphatic rings. The van der Waals surface area contributed by atoms with E-state index in [1.54, 1.807) is 24.3 Å². The summed E-state index contributed by atoms with van der Waals surface area (Å²) in [5, 5.41) is 1.28. The van der Waals surface area contributed by atoms with E-state index in [-0.39, 0.29) is 4.90 Å². The Morgan fingerprint density at radius 3 is 2.15 bits per heavy atom. The van der Waals surface area contributed by atoms with Crippen LogP contribution >= 0.6 is 11.8 Å². The molecule has 0 radical (unpaired) electrons. The minimum atomic E-state index is -3.78. The van der Waals surface area contributed by atoms with Crippen LogP contribution in [0.1, 0.15) is 22.8 Å². The van der Waals surface area contributed by atoms with E-state index in [0.29, 0.717) is 5.23 Å². The molecular weight excluding hydrogens is 450 g/mol. The Hall–Kier alpha value is -3.09. The van der Waals surface area contributed by atoms with E-state index in [1.165, 1.54) is 11.8 Å². The fourth-order valence-corrected chi connectivity index (χ4v) is 6.36. The Morgan fingerprint density at radius 2 is 1.42 bits per heavy atom. The lowest BCUT2D eigenvalue weighted by Crippen LogP contribution is -2.24. The van der Waals surface area contributed by atoms with E-state index in [2.05, 4.69) is 4.99 Å². The van der Waals surface area contributed by atoms with Crippen molar-refractivity contribution in [2.24, 2.45) is 4.99 Å². The molecule has 0 spiro atoms. The first kappa shape index (κ1) is 21.7. The molecule has 2 atom stereocenters. The number of hydrogen-bond donors (Lipinski definition) is 0. The van der Waals surface area contributed by atoms with E-state index in [1.807, 2.05) is 80.6 Å². The molecule has 0 saturated carbocycles. The van der Waals surface area contributed by atoms with Gasteiger partial charge in [0, 0.05) is 10.5 Å². The van der Waals surface area contributed by atoms with Crippen LogP contribution < -0.4 is 0 Å². The van der Waals surface area contributed by atoms with Gasteiger partial charge in [-0.05, 0) is 60.6 Å². The van der Waals surface area contributed by atoms with Crippen LogP contribution in [-0.4, -0.2) is 19.0 Å². The summed E-state index contributed by atoms with van der Waals surface area (Å²) in [6.45, 7) is 3.96. The van der Waals surface area contributed by atoms with Gasteiger partial charge in [0.05, 0.1) is 4.90 Å². The lowest BCUT2D eigenvalue weighted by molar-refractivity contribution is 0.225. The molecule has 0 amide bonds. The van der Waals surface area contributed by atoms with Gasteiger partial charge in [-0.15, -0.1) is 0 Å². The van der Waals surface area contributed by atoms with Gasteiger partial charge in [-0.2, -0.15) is 0 Å². The van der Waals surface area contributed by atoms with Gasteiger partial charge in [0.1, 0.15) is 0 Å². The maximum absolute atomic E-state index is 13.7. The molecule has 0 aromatic heterocycles. The summed E-state index contributed by atoms with van der Waals surface area (Å²) >= 11 is 1.34. The van der Waals surface area contributed by atoms with Crippen LogP contribution in [0.15, 0.2) is 106 Å². The van der Waals surface area contributed by atoms with Crippen molar-refractivity contribution >= 4 is 37.6 Å². The third kappa shape index (κ3) is 4.28. The van der Waals surface area contributed by atoms with E-state index in [4.69, 9.17) is 4.74 Å². The van der Waals surface area contributed by atoms with Crippen LogP contribution in [0.25, 0.3) is 10.8 Å². The Kier molecular flexibility index (Phi) is 5.72. The molecule has 0 unspecified atom stereocenters. The SMILES string of the molecule is Cc1ccc(SC2=N[C@H](S(=O)(=O)c3ccc(C)cc3)[C@@H](c3cccc4ccccc34)O2)cc1. The molecule has 33 heavy (non-hydrogen) atoms. The van der Waals surface area contributed by atoms with Crippen molar-refractivity contribution in [3.63, 3.8) is 0 Å². The smallest absolute Gasteiger partial charge is 0.252 e. The molecule has 0 fully saturated rings. The first-order chi connectivity index (χ1) is 15.9. The summed E-state index contributed by atoms with van der Waals surface area (Å²) in [4.78, 5) is 5.81. The second-order valence-corrected chi connectivity index (χ2v) is 11.2. The van der Waals surface area contributed by atoms with E-state index >= 15 is 0 Å².